The molecule has 0 aromatic heterocycles. The topological polar surface area (TPSA) is 72.2 Å². The highest BCUT2D eigenvalue weighted by molar-refractivity contribution is 7.90. The van der Waals surface area contributed by atoms with E-state index in [-0.39, 0.29) is 10.7 Å². The molecular formula is C12H26N2O2S. The minimum atomic E-state index is -3.13. The first-order valence-corrected chi connectivity index (χ1v) is 8.10. The van der Waals surface area contributed by atoms with Crippen LogP contribution in [0.25, 0.3) is 0 Å². The number of hydrogen-bond acceptors (Lipinski definition) is 3. The van der Waals surface area contributed by atoms with Crippen molar-refractivity contribution in [3.63, 3.8) is 0 Å². The normalized spacial score (nSPS) is 19.5. The lowest BCUT2D eigenvalue weighted by Crippen LogP contribution is -2.41. The molecule has 0 aromatic carbocycles. The van der Waals surface area contributed by atoms with Gasteiger partial charge in [0.2, 0.25) is 10.0 Å². The van der Waals surface area contributed by atoms with Gasteiger partial charge in [-0.2, -0.15) is 0 Å². The van der Waals surface area contributed by atoms with Gasteiger partial charge in [0.05, 0.1) is 5.25 Å². The van der Waals surface area contributed by atoms with Crippen LogP contribution in [-0.4, -0.2) is 26.8 Å². The third-order valence-electron chi connectivity index (χ3n) is 3.56. The molecule has 0 atom stereocenters. The van der Waals surface area contributed by atoms with Crippen LogP contribution in [0, 0.1) is 5.41 Å². The summed E-state index contributed by atoms with van der Waals surface area (Å²) in [5, 5.41) is -0.176. The molecule has 0 aliphatic heterocycles. The van der Waals surface area contributed by atoms with Gasteiger partial charge in [-0.3, -0.25) is 0 Å². The van der Waals surface area contributed by atoms with Crippen LogP contribution in [0.15, 0.2) is 0 Å². The molecule has 0 amide bonds. The molecular weight excluding hydrogens is 236 g/mol. The van der Waals surface area contributed by atoms with Gasteiger partial charge in [0.25, 0.3) is 0 Å². The predicted molar refractivity (Wildman–Crippen MR) is 71.2 cm³/mol. The smallest absolute Gasteiger partial charge is 0.214 e. The number of hydrogen-bond donors (Lipinski definition) is 2. The molecule has 17 heavy (non-hydrogen) atoms. The lowest BCUT2D eigenvalue weighted by atomic mass is 9.90. The first-order valence-electron chi connectivity index (χ1n) is 6.56. The maximum absolute atomic E-state index is 12.1. The third-order valence-corrected chi connectivity index (χ3v) is 5.46. The lowest BCUT2D eigenvalue weighted by Gasteiger charge is -2.27. The molecule has 3 N–H and O–H groups in total. The van der Waals surface area contributed by atoms with Crippen LogP contribution in [-0.2, 0) is 10.0 Å². The van der Waals surface area contributed by atoms with E-state index in [2.05, 4.69) is 4.72 Å². The van der Waals surface area contributed by atoms with E-state index in [9.17, 15) is 8.42 Å². The summed E-state index contributed by atoms with van der Waals surface area (Å²) in [4.78, 5) is 0. The Labute approximate surface area is 105 Å². The van der Waals surface area contributed by atoms with Gasteiger partial charge in [0, 0.05) is 6.54 Å². The van der Waals surface area contributed by atoms with E-state index in [0.717, 1.165) is 32.1 Å². The highest BCUT2D eigenvalue weighted by Crippen LogP contribution is 2.24. The van der Waals surface area contributed by atoms with E-state index in [1.165, 1.54) is 6.42 Å². The fraction of sp³-hybridized carbons (Fsp3) is 1.00. The van der Waals surface area contributed by atoms with Crippen LogP contribution < -0.4 is 10.5 Å². The summed E-state index contributed by atoms with van der Waals surface area (Å²) in [6.07, 6.45) is 5.71. The maximum atomic E-state index is 12.1. The molecule has 1 aliphatic carbocycles. The average Bonchev–Trinajstić information content (AvgIpc) is 2.28. The highest BCUT2D eigenvalue weighted by Gasteiger charge is 2.28. The Bertz CT molecular complexity index is 319. The summed E-state index contributed by atoms with van der Waals surface area (Å²) in [6, 6.07) is 0. The van der Waals surface area contributed by atoms with Crippen molar-refractivity contribution < 1.29 is 8.42 Å². The Morgan fingerprint density at radius 2 is 1.82 bits per heavy atom. The zero-order chi connectivity index (χ0) is 12.9. The number of sulfonamides is 1. The van der Waals surface area contributed by atoms with E-state index in [1.807, 2.05) is 13.8 Å². The summed E-state index contributed by atoms with van der Waals surface area (Å²) in [7, 11) is -3.13. The SMILES string of the molecule is CC(C)(CCN)CNS(=O)(=O)C1CCCCC1. The van der Waals surface area contributed by atoms with Gasteiger partial charge < -0.3 is 5.73 Å². The average molecular weight is 262 g/mol. The number of nitrogens with two attached hydrogens (primary N) is 1. The van der Waals surface area contributed by atoms with Crippen LogP contribution in [0.3, 0.4) is 0 Å². The van der Waals surface area contributed by atoms with E-state index < -0.39 is 10.0 Å². The second-order valence-electron chi connectivity index (χ2n) is 5.83. The molecule has 0 bridgehead atoms. The van der Waals surface area contributed by atoms with Crippen LogP contribution in [0.2, 0.25) is 0 Å². The zero-order valence-corrected chi connectivity index (χ0v) is 11.9. The molecule has 0 unspecified atom stereocenters. The maximum Gasteiger partial charge on any atom is 0.214 e. The van der Waals surface area contributed by atoms with Crippen molar-refractivity contribution in [2.45, 2.75) is 57.6 Å². The van der Waals surface area contributed by atoms with Crippen LogP contribution in [0.5, 0.6) is 0 Å². The Balaban J connectivity index is 2.49. The fourth-order valence-corrected chi connectivity index (χ4v) is 4.05. The second-order valence-corrected chi connectivity index (χ2v) is 7.87. The third kappa shape index (κ3) is 4.94. The van der Waals surface area contributed by atoms with Gasteiger partial charge >= 0.3 is 0 Å². The fourth-order valence-electron chi connectivity index (χ4n) is 2.27. The van der Waals surface area contributed by atoms with Crippen molar-refractivity contribution in [1.82, 2.24) is 4.72 Å². The summed E-state index contributed by atoms with van der Waals surface area (Å²) in [6.45, 7) is 5.17. The van der Waals surface area contributed by atoms with E-state index in [4.69, 9.17) is 5.73 Å². The molecule has 4 nitrogen and oxygen atoms in total. The molecule has 102 valence electrons. The van der Waals surface area contributed by atoms with E-state index in [1.54, 1.807) is 0 Å². The molecule has 0 spiro atoms. The van der Waals surface area contributed by atoms with Crippen molar-refractivity contribution in [3.8, 4) is 0 Å². The molecule has 5 heteroatoms. The number of nitrogens with one attached hydrogen (secondary N) is 1. The number of rotatable bonds is 6. The summed E-state index contributed by atoms with van der Waals surface area (Å²) < 4.78 is 27.0. The minimum absolute atomic E-state index is 0.0590. The van der Waals surface area contributed by atoms with Gasteiger partial charge in [0.15, 0.2) is 0 Å². The van der Waals surface area contributed by atoms with E-state index in [0.29, 0.717) is 13.1 Å². The molecule has 1 rings (SSSR count). The summed E-state index contributed by atoms with van der Waals surface area (Å²) >= 11 is 0. The molecule has 0 heterocycles. The van der Waals surface area contributed by atoms with Crippen molar-refractivity contribution in [2.75, 3.05) is 13.1 Å². The molecule has 0 aromatic rings. The highest BCUT2D eigenvalue weighted by atomic mass is 32.2. The molecule has 1 fully saturated rings. The Kier molecular flexibility index (Phi) is 5.41. The van der Waals surface area contributed by atoms with Gasteiger partial charge in [-0.15, -0.1) is 0 Å². The largest absolute Gasteiger partial charge is 0.330 e. The Morgan fingerprint density at radius 1 is 1.24 bits per heavy atom. The Hall–Kier alpha value is -0.130. The monoisotopic (exact) mass is 262 g/mol. The van der Waals surface area contributed by atoms with Crippen LogP contribution >= 0.6 is 0 Å². The lowest BCUT2D eigenvalue weighted by molar-refractivity contribution is 0.338. The summed E-state index contributed by atoms with van der Waals surface area (Å²) in [5.74, 6) is 0. The first kappa shape index (κ1) is 14.9. The second kappa shape index (κ2) is 6.16. The molecule has 0 saturated heterocycles. The quantitative estimate of drug-likeness (QED) is 0.764. The van der Waals surface area contributed by atoms with Gasteiger partial charge in [-0.05, 0) is 31.2 Å². The zero-order valence-electron chi connectivity index (χ0n) is 11.0. The van der Waals surface area contributed by atoms with E-state index >= 15 is 0 Å². The minimum Gasteiger partial charge on any atom is -0.330 e. The van der Waals surface area contributed by atoms with Crippen LogP contribution in [0.4, 0.5) is 0 Å². The van der Waals surface area contributed by atoms with Gasteiger partial charge in [-0.25, -0.2) is 13.1 Å². The standard InChI is InChI=1S/C12H26N2O2S/c1-12(2,8-9-13)10-14-17(15,16)11-6-4-3-5-7-11/h11,14H,3-10,13H2,1-2H3. The predicted octanol–water partition coefficient (Wildman–Crippen LogP) is 1.61. The summed E-state index contributed by atoms with van der Waals surface area (Å²) in [5.41, 5.74) is 5.46. The van der Waals surface area contributed by atoms with Gasteiger partial charge in [-0.1, -0.05) is 33.1 Å². The van der Waals surface area contributed by atoms with Crippen molar-refractivity contribution >= 4 is 10.0 Å². The van der Waals surface area contributed by atoms with Crippen molar-refractivity contribution in [1.29, 1.82) is 0 Å². The molecule has 1 aliphatic rings. The van der Waals surface area contributed by atoms with Gasteiger partial charge in [0.1, 0.15) is 0 Å². The Morgan fingerprint density at radius 3 is 2.35 bits per heavy atom. The van der Waals surface area contributed by atoms with Crippen molar-refractivity contribution in [2.24, 2.45) is 11.1 Å². The van der Waals surface area contributed by atoms with Crippen molar-refractivity contribution in [3.05, 3.63) is 0 Å². The first-order chi connectivity index (χ1) is 7.87. The molecule has 0 radical (unpaired) electrons. The molecule has 1 saturated carbocycles. The van der Waals surface area contributed by atoms with Crippen LogP contribution in [0.1, 0.15) is 52.4 Å².